The molecule has 3 fully saturated rings. The van der Waals surface area contributed by atoms with E-state index in [2.05, 4.69) is 0 Å². The number of carbonyl (C=O) groups is 1. The Balaban J connectivity index is 1.63. The van der Waals surface area contributed by atoms with Gasteiger partial charge in [-0.2, -0.15) is 0 Å². The highest BCUT2D eigenvalue weighted by molar-refractivity contribution is 5.84. The van der Waals surface area contributed by atoms with Crippen molar-refractivity contribution in [3.05, 3.63) is 0 Å². The maximum Gasteiger partial charge on any atom is 0.139 e. The summed E-state index contributed by atoms with van der Waals surface area (Å²) in [6, 6.07) is 0. The van der Waals surface area contributed by atoms with Gasteiger partial charge in [-0.25, -0.2) is 0 Å². The molecule has 0 amide bonds. The van der Waals surface area contributed by atoms with Crippen LogP contribution in [0.25, 0.3) is 0 Å². The minimum Gasteiger partial charge on any atom is -0.375 e. The molecule has 84 valence electrons. The van der Waals surface area contributed by atoms with Gasteiger partial charge in [0.25, 0.3) is 0 Å². The minimum absolute atomic E-state index is 0.141. The van der Waals surface area contributed by atoms with E-state index in [0.29, 0.717) is 17.6 Å². The highest BCUT2D eigenvalue weighted by Gasteiger charge is 2.45. The van der Waals surface area contributed by atoms with E-state index < -0.39 is 0 Å². The van der Waals surface area contributed by atoms with Crippen molar-refractivity contribution in [2.24, 2.45) is 11.8 Å². The Morgan fingerprint density at radius 2 is 1.87 bits per heavy atom. The Morgan fingerprint density at radius 3 is 2.40 bits per heavy atom. The zero-order valence-electron chi connectivity index (χ0n) is 9.34. The van der Waals surface area contributed by atoms with E-state index in [-0.39, 0.29) is 5.60 Å². The molecule has 0 bridgehead atoms. The second kappa shape index (κ2) is 3.58. The largest absolute Gasteiger partial charge is 0.375 e. The number of Topliss-reactive ketones (excluding diaryl/α,β-unsaturated/α-hetero) is 1. The molecule has 0 aromatic rings. The first-order valence-corrected chi connectivity index (χ1v) is 6.47. The van der Waals surface area contributed by atoms with Gasteiger partial charge in [0.05, 0.1) is 5.60 Å². The van der Waals surface area contributed by atoms with Crippen LogP contribution in [0, 0.1) is 11.8 Å². The van der Waals surface area contributed by atoms with Crippen LogP contribution in [0.2, 0.25) is 0 Å². The number of hydrogen-bond donors (Lipinski definition) is 0. The first-order chi connectivity index (χ1) is 7.29. The lowest BCUT2D eigenvalue weighted by Crippen LogP contribution is -2.48. The molecule has 2 aliphatic carbocycles. The average molecular weight is 208 g/mol. The van der Waals surface area contributed by atoms with E-state index in [4.69, 9.17) is 4.74 Å². The predicted octanol–water partition coefficient (Wildman–Crippen LogP) is 2.70. The Hall–Kier alpha value is -0.370. The number of hydrogen-bond acceptors (Lipinski definition) is 2. The first kappa shape index (κ1) is 9.83. The average Bonchev–Trinajstić information content (AvgIpc) is 2.13. The molecule has 0 aromatic heterocycles. The number of rotatable bonds is 2. The number of ether oxygens (including phenoxy) is 1. The summed E-state index contributed by atoms with van der Waals surface area (Å²) in [5, 5.41) is 0. The zero-order chi connectivity index (χ0) is 10.3. The Labute approximate surface area is 91.4 Å². The van der Waals surface area contributed by atoms with Crippen LogP contribution in [0.15, 0.2) is 0 Å². The van der Waals surface area contributed by atoms with E-state index in [1.165, 1.54) is 25.7 Å². The van der Waals surface area contributed by atoms with Crippen molar-refractivity contribution in [2.75, 3.05) is 6.61 Å². The number of carbonyl (C=O) groups excluding carboxylic acids is 1. The first-order valence-electron chi connectivity index (χ1n) is 6.47. The third kappa shape index (κ3) is 1.63. The van der Waals surface area contributed by atoms with Gasteiger partial charge < -0.3 is 4.74 Å². The summed E-state index contributed by atoms with van der Waals surface area (Å²) in [6.07, 6.45) is 9.28. The quantitative estimate of drug-likeness (QED) is 0.697. The van der Waals surface area contributed by atoms with Gasteiger partial charge in [0.15, 0.2) is 0 Å². The highest BCUT2D eigenvalue weighted by atomic mass is 16.5. The van der Waals surface area contributed by atoms with Crippen LogP contribution in [0.3, 0.4) is 0 Å². The Morgan fingerprint density at radius 1 is 1.07 bits per heavy atom. The third-order valence-corrected chi connectivity index (χ3v) is 4.67. The maximum atomic E-state index is 12.2. The van der Waals surface area contributed by atoms with Crippen molar-refractivity contribution in [1.29, 1.82) is 0 Å². The molecule has 1 heterocycles. The van der Waals surface area contributed by atoms with Crippen molar-refractivity contribution >= 4 is 5.78 Å². The zero-order valence-corrected chi connectivity index (χ0v) is 9.34. The SMILES string of the molecule is O=C(C1CCC1)C1CCOC2(CCC2)C1. The van der Waals surface area contributed by atoms with Gasteiger partial charge in [0, 0.05) is 18.4 Å². The fourth-order valence-electron chi connectivity index (χ4n) is 3.22. The van der Waals surface area contributed by atoms with Gasteiger partial charge in [-0.1, -0.05) is 6.42 Å². The smallest absolute Gasteiger partial charge is 0.139 e. The van der Waals surface area contributed by atoms with Crippen molar-refractivity contribution in [3.63, 3.8) is 0 Å². The fraction of sp³-hybridized carbons (Fsp3) is 0.923. The summed E-state index contributed by atoms with van der Waals surface area (Å²) in [5.41, 5.74) is 0.141. The lowest BCUT2D eigenvalue weighted by Gasteiger charge is -2.47. The van der Waals surface area contributed by atoms with Crippen LogP contribution in [0.5, 0.6) is 0 Å². The Kier molecular flexibility index (Phi) is 2.35. The van der Waals surface area contributed by atoms with Gasteiger partial charge in [0.1, 0.15) is 5.78 Å². The summed E-state index contributed by atoms with van der Waals surface area (Å²) >= 11 is 0. The van der Waals surface area contributed by atoms with Crippen molar-refractivity contribution in [2.45, 2.75) is 57.0 Å². The topological polar surface area (TPSA) is 26.3 Å². The summed E-state index contributed by atoms with van der Waals surface area (Å²) in [6.45, 7) is 0.823. The molecular formula is C13H20O2. The van der Waals surface area contributed by atoms with E-state index in [9.17, 15) is 4.79 Å². The normalized spacial score (nSPS) is 34.5. The summed E-state index contributed by atoms with van der Waals surface area (Å²) in [4.78, 5) is 12.2. The molecule has 1 saturated heterocycles. The van der Waals surface area contributed by atoms with Crippen LogP contribution < -0.4 is 0 Å². The molecule has 1 unspecified atom stereocenters. The number of ketones is 1. The standard InChI is InChI=1S/C13H20O2/c14-12(10-3-1-4-10)11-5-8-15-13(9-11)6-2-7-13/h10-11H,1-9H2. The Bertz CT molecular complexity index is 264. The van der Waals surface area contributed by atoms with Crippen LogP contribution in [0.4, 0.5) is 0 Å². The van der Waals surface area contributed by atoms with Crippen molar-refractivity contribution in [1.82, 2.24) is 0 Å². The second-order valence-electron chi connectivity index (χ2n) is 5.60. The fourth-order valence-corrected chi connectivity index (χ4v) is 3.22. The van der Waals surface area contributed by atoms with Gasteiger partial charge in [0.2, 0.25) is 0 Å². The lowest BCUT2D eigenvalue weighted by atomic mass is 9.68. The van der Waals surface area contributed by atoms with Crippen LogP contribution in [0.1, 0.15) is 51.4 Å². The molecular weight excluding hydrogens is 188 g/mol. The molecule has 2 nitrogen and oxygen atoms in total. The van der Waals surface area contributed by atoms with Crippen molar-refractivity contribution in [3.8, 4) is 0 Å². The van der Waals surface area contributed by atoms with Crippen LogP contribution in [-0.4, -0.2) is 18.0 Å². The van der Waals surface area contributed by atoms with Gasteiger partial charge >= 0.3 is 0 Å². The maximum absolute atomic E-state index is 12.2. The molecule has 0 N–H and O–H groups in total. The molecule has 0 aromatic carbocycles. The van der Waals surface area contributed by atoms with Crippen LogP contribution in [-0.2, 0) is 9.53 Å². The predicted molar refractivity (Wildman–Crippen MR) is 57.6 cm³/mol. The molecule has 3 rings (SSSR count). The van der Waals surface area contributed by atoms with Gasteiger partial charge in [-0.3, -0.25) is 4.79 Å². The summed E-state index contributed by atoms with van der Waals surface area (Å²) < 4.78 is 5.86. The molecule has 2 heteroatoms. The summed E-state index contributed by atoms with van der Waals surface area (Å²) in [7, 11) is 0. The molecule has 1 spiro atoms. The lowest BCUT2D eigenvalue weighted by molar-refractivity contribution is -0.159. The van der Waals surface area contributed by atoms with E-state index in [1.54, 1.807) is 0 Å². The van der Waals surface area contributed by atoms with Crippen LogP contribution >= 0.6 is 0 Å². The minimum atomic E-state index is 0.141. The molecule has 0 radical (unpaired) electrons. The van der Waals surface area contributed by atoms with E-state index in [0.717, 1.165) is 32.3 Å². The molecule has 15 heavy (non-hydrogen) atoms. The second-order valence-corrected chi connectivity index (χ2v) is 5.60. The van der Waals surface area contributed by atoms with Gasteiger partial charge in [-0.15, -0.1) is 0 Å². The summed E-state index contributed by atoms with van der Waals surface area (Å²) in [5.74, 6) is 1.32. The molecule has 3 aliphatic rings. The van der Waals surface area contributed by atoms with Crippen molar-refractivity contribution < 1.29 is 9.53 Å². The van der Waals surface area contributed by atoms with Gasteiger partial charge in [-0.05, 0) is 44.9 Å². The molecule has 1 aliphatic heterocycles. The highest BCUT2D eigenvalue weighted by Crippen LogP contribution is 2.45. The van der Waals surface area contributed by atoms with E-state index in [1.807, 2.05) is 0 Å². The monoisotopic (exact) mass is 208 g/mol. The molecule has 2 saturated carbocycles. The van der Waals surface area contributed by atoms with E-state index >= 15 is 0 Å². The molecule has 1 atom stereocenters. The third-order valence-electron chi connectivity index (χ3n) is 4.67.